The van der Waals surface area contributed by atoms with Gasteiger partial charge in [-0.3, -0.25) is 9.59 Å². The Morgan fingerprint density at radius 2 is 1.63 bits per heavy atom. The summed E-state index contributed by atoms with van der Waals surface area (Å²) in [4.78, 5) is 39.5. The lowest BCUT2D eigenvalue weighted by molar-refractivity contribution is -0.123. The van der Waals surface area contributed by atoms with Crippen molar-refractivity contribution in [3.05, 3.63) is 46.8 Å². The second-order valence-electron chi connectivity index (χ2n) is 7.36. The number of esters is 1. The molecule has 0 fully saturated rings. The highest BCUT2D eigenvalue weighted by atomic mass is 16.5. The highest BCUT2D eigenvalue weighted by Gasteiger charge is 2.23. The number of aromatic amines is 1. The maximum atomic E-state index is 12.6. The van der Waals surface area contributed by atoms with E-state index in [4.69, 9.17) is 4.74 Å². The van der Waals surface area contributed by atoms with Crippen molar-refractivity contribution < 1.29 is 19.1 Å². The van der Waals surface area contributed by atoms with Gasteiger partial charge in [0.2, 0.25) is 5.91 Å². The Bertz CT molecular complexity index is 891. The quantitative estimate of drug-likeness (QED) is 0.714. The van der Waals surface area contributed by atoms with Crippen LogP contribution in [0.1, 0.15) is 52.9 Å². The summed E-state index contributed by atoms with van der Waals surface area (Å²) < 4.78 is 4.76. The first kappa shape index (κ1) is 20.2. The van der Waals surface area contributed by atoms with Crippen molar-refractivity contribution in [2.45, 2.75) is 34.6 Å². The van der Waals surface area contributed by atoms with Crippen LogP contribution < -0.4 is 10.6 Å². The van der Waals surface area contributed by atoms with Gasteiger partial charge in [0.25, 0.3) is 5.91 Å². The van der Waals surface area contributed by atoms with Crippen LogP contribution in [0.2, 0.25) is 0 Å². The van der Waals surface area contributed by atoms with E-state index in [0.29, 0.717) is 28.2 Å². The number of nitrogens with one attached hydrogen (secondary N) is 3. The summed E-state index contributed by atoms with van der Waals surface area (Å²) in [6.07, 6.45) is 0. The summed E-state index contributed by atoms with van der Waals surface area (Å²) in [5, 5.41) is 5.60. The maximum Gasteiger partial charge on any atom is 0.339 e. The van der Waals surface area contributed by atoms with Crippen LogP contribution in [0.4, 0.5) is 11.4 Å². The van der Waals surface area contributed by atoms with E-state index < -0.39 is 11.4 Å². The molecule has 0 aliphatic rings. The maximum absolute atomic E-state index is 12.6. The van der Waals surface area contributed by atoms with Crippen molar-refractivity contribution in [1.82, 2.24) is 4.98 Å². The molecule has 27 heavy (non-hydrogen) atoms. The number of methoxy groups -OCH3 is 1. The van der Waals surface area contributed by atoms with E-state index in [0.717, 1.165) is 0 Å². The molecule has 7 nitrogen and oxygen atoms in total. The number of benzene rings is 1. The van der Waals surface area contributed by atoms with Gasteiger partial charge in [0.1, 0.15) is 5.69 Å². The van der Waals surface area contributed by atoms with Crippen LogP contribution in [0.15, 0.2) is 24.3 Å². The Morgan fingerprint density at radius 1 is 1.04 bits per heavy atom. The van der Waals surface area contributed by atoms with E-state index in [1.165, 1.54) is 7.11 Å². The van der Waals surface area contributed by atoms with Gasteiger partial charge in [-0.05, 0) is 37.6 Å². The average Bonchev–Trinajstić information content (AvgIpc) is 2.88. The molecular weight excluding hydrogens is 346 g/mol. The number of aryl methyl sites for hydroxylation is 1. The topological polar surface area (TPSA) is 100 Å². The number of ether oxygens (including phenoxy) is 1. The lowest BCUT2D eigenvalue weighted by Gasteiger charge is -2.18. The number of carbonyl (C=O) groups is 3. The molecule has 144 valence electrons. The molecule has 0 atom stereocenters. The van der Waals surface area contributed by atoms with Crippen molar-refractivity contribution in [2.24, 2.45) is 5.41 Å². The molecule has 7 heteroatoms. The second-order valence-corrected chi connectivity index (χ2v) is 7.36. The van der Waals surface area contributed by atoms with Crippen LogP contribution in [-0.4, -0.2) is 29.9 Å². The molecule has 2 amide bonds. The van der Waals surface area contributed by atoms with E-state index in [-0.39, 0.29) is 17.5 Å². The van der Waals surface area contributed by atoms with Gasteiger partial charge in [-0.15, -0.1) is 0 Å². The molecule has 1 heterocycles. The van der Waals surface area contributed by atoms with Crippen LogP contribution in [-0.2, 0) is 9.53 Å². The van der Waals surface area contributed by atoms with E-state index >= 15 is 0 Å². The first-order valence-electron chi connectivity index (χ1n) is 8.55. The molecule has 0 saturated heterocycles. The van der Waals surface area contributed by atoms with Crippen LogP contribution >= 0.6 is 0 Å². The number of hydrogen-bond acceptors (Lipinski definition) is 4. The second kappa shape index (κ2) is 7.65. The Hall–Kier alpha value is -3.09. The van der Waals surface area contributed by atoms with Gasteiger partial charge in [-0.25, -0.2) is 4.79 Å². The third kappa shape index (κ3) is 4.55. The fraction of sp³-hybridized carbons (Fsp3) is 0.350. The number of carbonyl (C=O) groups excluding carboxylic acids is 3. The van der Waals surface area contributed by atoms with Crippen LogP contribution in [0, 0.1) is 19.3 Å². The SMILES string of the molecule is COC(=O)c1c(C)[nH]c(C(=O)Nc2cccc(NC(=O)C(C)(C)C)c2)c1C. The van der Waals surface area contributed by atoms with Crippen molar-refractivity contribution in [3.8, 4) is 0 Å². The summed E-state index contributed by atoms with van der Waals surface area (Å²) in [6.45, 7) is 8.86. The first-order valence-corrected chi connectivity index (χ1v) is 8.55. The molecule has 1 aromatic heterocycles. The number of aromatic nitrogens is 1. The Kier molecular flexibility index (Phi) is 5.73. The summed E-state index contributed by atoms with van der Waals surface area (Å²) >= 11 is 0. The van der Waals surface area contributed by atoms with Gasteiger partial charge in [-0.2, -0.15) is 0 Å². The summed E-state index contributed by atoms with van der Waals surface area (Å²) in [7, 11) is 1.30. The highest BCUT2D eigenvalue weighted by molar-refractivity contribution is 6.07. The highest BCUT2D eigenvalue weighted by Crippen LogP contribution is 2.22. The van der Waals surface area contributed by atoms with Crippen molar-refractivity contribution in [3.63, 3.8) is 0 Å². The number of rotatable bonds is 4. The van der Waals surface area contributed by atoms with Crippen LogP contribution in [0.25, 0.3) is 0 Å². The number of anilines is 2. The minimum absolute atomic E-state index is 0.121. The molecule has 1 aromatic carbocycles. The largest absolute Gasteiger partial charge is 0.465 e. The molecule has 2 rings (SSSR count). The van der Waals surface area contributed by atoms with Crippen molar-refractivity contribution in [2.75, 3.05) is 17.7 Å². The van der Waals surface area contributed by atoms with Crippen molar-refractivity contribution >= 4 is 29.2 Å². The Balaban J connectivity index is 2.21. The summed E-state index contributed by atoms with van der Waals surface area (Å²) in [5.74, 6) is -0.998. The standard InChI is InChI=1S/C20H25N3O4/c1-11-15(18(25)27-6)12(2)21-16(11)17(24)22-13-8-7-9-14(10-13)23-19(26)20(3,4)5/h7-10,21H,1-6H3,(H,22,24)(H,23,26). The molecule has 3 N–H and O–H groups in total. The lowest BCUT2D eigenvalue weighted by Crippen LogP contribution is -2.27. The Labute approximate surface area is 158 Å². The van der Waals surface area contributed by atoms with Crippen molar-refractivity contribution in [1.29, 1.82) is 0 Å². The fourth-order valence-electron chi connectivity index (χ4n) is 2.57. The monoisotopic (exact) mass is 371 g/mol. The van der Waals surface area contributed by atoms with E-state index in [1.54, 1.807) is 38.1 Å². The Morgan fingerprint density at radius 3 is 2.19 bits per heavy atom. The minimum Gasteiger partial charge on any atom is -0.465 e. The fourth-order valence-corrected chi connectivity index (χ4v) is 2.57. The van der Waals surface area contributed by atoms with Crippen LogP contribution in [0.3, 0.4) is 0 Å². The first-order chi connectivity index (χ1) is 12.5. The van der Waals surface area contributed by atoms with E-state index in [1.807, 2.05) is 20.8 Å². The molecule has 0 aliphatic heterocycles. The normalized spacial score (nSPS) is 11.0. The minimum atomic E-state index is -0.525. The average molecular weight is 371 g/mol. The smallest absolute Gasteiger partial charge is 0.339 e. The van der Waals surface area contributed by atoms with Gasteiger partial charge in [0.05, 0.1) is 12.7 Å². The molecule has 0 radical (unpaired) electrons. The number of H-pyrrole nitrogens is 1. The van der Waals surface area contributed by atoms with E-state index in [2.05, 4.69) is 15.6 Å². The predicted octanol–water partition coefficient (Wildman–Crippen LogP) is 3.66. The molecule has 0 spiro atoms. The van der Waals surface area contributed by atoms with Gasteiger partial charge < -0.3 is 20.4 Å². The molecule has 0 aliphatic carbocycles. The molecule has 2 aromatic rings. The zero-order valence-corrected chi connectivity index (χ0v) is 16.4. The van der Waals surface area contributed by atoms with Crippen LogP contribution in [0.5, 0.6) is 0 Å². The molecular formula is C20H25N3O4. The van der Waals surface area contributed by atoms with Gasteiger partial charge >= 0.3 is 5.97 Å². The molecule has 0 saturated carbocycles. The van der Waals surface area contributed by atoms with Gasteiger partial charge in [-0.1, -0.05) is 26.8 Å². The predicted molar refractivity (Wildman–Crippen MR) is 104 cm³/mol. The zero-order chi connectivity index (χ0) is 20.4. The molecule has 0 bridgehead atoms. The number of amides is 2. The van der Waals surface area contributed by atoms with Gasteiger partial charge in [0, 0.05) is 22.5 Å². The third-order valence-corrected chi connectivity index (χ3v) is 4.11. The third-order valence-electron chi connectivity index (χ3n) is 4.11. The lowest BCUT2D eigenvalue weighted by atomic mass is 9.95. The number of hydrogen-bond donors (Lipinski definition) is 3. The summed E-state index contributed by atoms with van der Waals surface area (Å²) in [5.41, 5.74) is 2.32. The summed E-state index contributed by atoms with van der Waals surface area (Å²) in [6, 6.07) is 6.88. The van der Waals surface area contributed by atoms with Gasteiger partial charge in [0.15, 0.2) is 0 Å². The van der Waals surface area contributed by atoms with E-state index in [9.17, 15) is 14.4 Å². The zero-order valence-electron chi connectivity index (χ0n) is 16.4. The molecule has 0 unspecified atom stereocenters.